The number of carbonyl (C=O) groups is 2. The molecule has 1 N–H and O–H groups in total. The lowest BCUT2D eigenvalue weighted by atomic mass is 9.98. The Balaban J connectivity index is 1.80. The predicted molar refractivity (Wildman–Crippen MR) is 140 cm³/mol. The summed E-state index contributed by atoms with van der Waals surface area (Å²) in [5.74, 6) is -0.536. The first kappa shape index (κ1) is 25.0. The lowest BCUT2D eigenvalue weighted by molar-refractivity contribution is -0.128. The molecule has 0 fully saturated rings. The first-order chi connectivity index (χ1) is 17.3. The average Bonchev–Trinajstić information content (AvgIpc) is 3.30. The minimum absolute atomic E-state index is 0.0674. The maximum atomic E-state index is 14.0. The van der Waals surface area contributed by atoms with Crippen LogP contribution in [0.1, 0.15) is 51.3 Å². The number of fused-ring (bicyclic) bond motifs is 1. The van der Waals surface area contributed by atoms with Crippen LogP contribution in [0.5, 0.6) is 0 Å². The van der Waals surface area contributed by atoms with Gasteiger partial charge in [0.15, 0.2) is 0 Å². The van der Waals surface area contributed by atoms with Gasteiger partial charge in [0.2, 0.25) is 11.8 Å². The van der Waals surface area contributed by atoms with Crippen LogP contribution in [0.25, 0.3) is 11.0 Å². The molecule has 0 bridgehead atoms. The number of aryl methyl sites for hydroxylation is 1. The van der Waals surface area contributed by atoms with E-state index in [4.69, 9.17) is 0 Å². The highest BCUT2D eigenvalue weighted by Crippen LogP contribution is 2.30. The van der Waals surface area contributed by atoms with Gasteiger partial charge in [0.05, 0.1) is 5.52 Å². The van der Waals surface area contributed by atoms with Gasteiger partial charge in [-0.3, -0.25) is 19.5 Å². The minimum Gasteiger partial charge on any atom is -0.349 e. The second-order valence-corrected chi connectivity index (χ2v) is 9.43. The number of anilines is 1. The molecule has 1 unspecified atom stereocenters. The molecule has 0 aliphatic heterocycles. The van der Waals surface area contributed by atoms with Gasteiger partial charge in [0, 0.05) is 23.6 Å². The molecule has 36 heavy (non-hydrogen) atoms. The van der Waals surface area contributed by atoms with Gasteiger partial charge in [-0.05, 0) is 74.2 Å². The fourth-order valence-corrected chi connectivity index (χ4v) is 4.02. The second-order valence-electron chi connectivity index (χ2n) is 9.43. The SMILES string of the molecule is CCc1ccc(N(C(=O)Cn2nnc3ccccc32)C(C(=O)NC(C)(C)CC)c2ccncc2)cc1. The molecule has 0 aliphatic carbocycles. The number of pyridine rings is 1. The van der Waals surface area contributed by atoms with E-state index in [1.807, 2.05) is 69.3 Å². The van der Waals surface area contributed by atoms with Gasteiger partial charge >= 0.3 is 0 Å². The third kappa shape index (κ3) is 5.43. The van der Waals surface area contributed by atoms with E-state index in [1.165, 1.54) is 0 Å². The van der Waals surface area contributed by atoms with Crippen LogP contribution >= 0.6 is 0 Å². The van der Waals surface area contributed by atoms with E-state index in [2.05, 4.69) is 27.5 Å². The van der Waals surface area contributed by atoms with E-state index in [0.717, 1.165) is 23.9 Å². The van der Waals surface area contributed by atoms with Crippen LogP contribution in [-0.2, 0) is 22.6 Å². The summed E-state index contributed by atoms with van der Waals surface area (Å²) in [6, 6.07) is 17.9. The van der Waals surface area contributed by atoms with Gasteiger partial charge < -0.3 is 5.32 Å². The molecule has 0 spiro atoms. The van der Waals surface area contributed by atoms with Gasteiger partial charge in [0.1, 0.15) is 18.1 Å². The maximum absolute atomic E-state index is 14.0. The molecule has 2 aromatic heterocycles. The molecular formula is C28H32N6O2. The summed E-state index contributed by atoms with van der Waals surface area (Å²) in [6.07, 6.45) is 4.88. The third-order valence-corrected chi connectivity index (χ3v) is 6.47. The molecule has 8 heteroatoms. The minimum atomic E-state index is -0.895. The van der Waals surface area contributed by atoms with Crippen molar-refractivity contribution >= 4 is 28.5 Å². The molecule has 2 aromatic carbocycles. The van der Waals surface area contributed by atoms with Crippen molar-refractivity contribution in [3.8, 4) is 0 Å². The summed E-state index contributed by atoms with van der Waals surface area (Å²) in [4.78, 5) is 33.5. The van der Waals surface area contributed by atoms with Crippen molar-refractivity contribution in [2.75, 3.05) is 4.90 Å². The van der Waals surface area contributed by atoms with Crippen LogP contribution in [0, 0.1) is 0 Å². The zero-order valence-electron chi connectivity index (χ0n) is 21.2. The summed E-state index contributed by atoms with van der Waals surface area (Å²) >= 11 is 0. The van der Waals surface area contributed by atoms with Gasteiger partial charge in [-0.25, -0.2) is 4.68 Å². The van der Waals surface area contributed by atoms with Crippen molar-refractivity contribution < 1.29 is 9.59 Å². The van der Waals surface area contributed by atoms with Gasteiger partial charge in [-0.1, -0.05) is 43.3 Å². The van der Waals surface area contributed by atoms with Crippen LogP contribution in [0.4, 0.5) is 5.69 Å². The van der Waals surface area contributed by atoms with Crippen LogP contribution in [0.15, 0.2) is 73.1 Å². The quantitative estimate of drug-likeness (QED) is 0.378. The largest absolute Gasteiger partial charge is 0.349 e. The van der Waals surface area contributed by atoms with Crippen molar-refractivity contribution in [1.29, 1.82) is 0 Å². The van der Waals surface area contributed by atoms with Crippen LogP contribution < -0.4 is 10.2 Å². The standard InChI is InChI=1S/C28H32N6O2/c1-5-20-11-13-22(14-12-20)34(25(35)19-33-24-10-8-7-9-23(24)31-32-33)26(21-15-17-29-18-16-21)27(36)30-28(3,4)6-2/h7-18,26H,5-6,19H2,1-4H3,(H,30,36). The Morgan fingerprint density at radius 2 is 1.69 bits per heavy atom. The zero-order chi connectivity index (χ0) is 25.7. The van der Waals surface area contributed by atoms with Crippen molar-refractivity contribution in [1.82, 2.24) is 25.3 Å². The molecule has 8 nitrogen and oxygen atoms in total. The summed E-state index contributed by atoms with van der Waals surface area (Å²) < 4.78 is 1.57. The normalized spacial score (nSPS) is 12.3. The number of carbonyl (C=O) groups excluding carboxylic acids is 2. The molecule has 0 saturated heterocycles. The third-order valence-electron chi connectivity index (χ3n) is 6.47. The maximum Gasteiger partial charge on any atom is 0.249 e. The molecule has 4 aromatic rings. The Hall–Kier alpha value is -4.07. The predicted octanol–water partition coefficient (Wildman–Crippen LogP) is 4.47. The first-order valence-corrected chi connectivity index (χ1v) is 12.2. The van der Waals surface area contributed by atoms with E-state index in [1.54, 1.807) is 34.1 Å². The van der Waals surface area contributed by atoms with Crippen molar-refractivity contribution in [2.45, 2.75) is 58.7 Å². The topological polar surface area (TPSA) is 93.0 Å². The number of hydrogen-bond acceptors (Lipinski definition) is 5. The van der Waals surface area contributed by atoms with E-state index >= 15 is 0 Å². The number of amides is 2. The van der Waals surface area contributed by atoms with Crippen LogP contribution in [-0.4, -0.2) is 37.3 Å². The monoisotopic (exact) mass is 484 g/mol. The Labute approximate surface area is 211 Å². The number of nitrogens with zero attached hydrogens (tertiary/aromatic N) is 5. The van der Waals surface area contributed by atoms with Crippen molar-refractivity contribution in [3.05, 3.63) is 84.2 Å². The number of para-hydroxylation sites is 1. The number of nitrogens with one attached hydrogen (secondary N) is 1. The molecule has 0 radical (unpaired) electrons. The molecule has 1 atom stereocenters. The van der Waals surface area contributed by atoms with E-state index in [0.29, 0.717) is 16.8 Å². The molecule has 0 saturated carbocycles. The highest BCUT2D eigenvalue weighted by molar-refractivity contribution is 6.01. The first-order valence-electron chi connectivity index (χ1n) is 12.2. The number of rotatable bonds is 9. The molecule has 2 heterocycles. The summed E-state index contributed by atoms with van der Waals surface area (Å²) in [5.41, 5.74) is 3.47. The van der Waals surface area contributed by atoms with Gasteiger partial charge in [-0.15, -0.1) is 5.10 Å². The molecule has 2 amide bonds. The molecule has 186 valence electrons. The number of hydrogen-bond donors (Lipinski definition) is 1. The number of benzene rings is 2. The van der Waals surface area contributed by atoms with E-state index in [9.17, 15) is 9.59 Å². The summed E-state index contributed by atoms with van der Waals surface area (Å²) in [5, 5.41) is 11.5. The van der Waals surface area contributed by atoms with Gasteiger partial charge in [-0.2, -0.15) is 0 Å². The number of aromatic nitrogens is 4. The summed E-state index contributed by atoms with van der Waals surface area (Å²) in [7, 11) is 0. The Bertz CT molecular complexity index is 1330. The average molecular weight is 485 g/mol. The van der Waals surface area contributed by atoms with Crippen LogP contribution in [0.3, 0.4) is 0 Å². The lowest BCUT2D eigenvalue weighted by Gasteiger charge is -2.34. The molecule has 0 aliphatic rings. The molecule has 4 rings (SSSR count). The fraction of sp³-hybridized carbons (Fsp3) is 0.321. The second kappa shape index (κ2) is 10.7. The summed E-state index contributed by atoms with van der Waals surface area (Å²) in [6.45, 7) is 7.97. The lowest BCUT2D eigenvalue weighted by Crippen LogP contribution is -2.51. The van der Waals surface area contributed by atoms with Crippen LogP contribution in [0.2, 0.25) is 0 Å². The zero-order valence-corrected chi connectivity index (χ0v) is 21.2. The van der Waals surface area contributed by atoms with E-state index < -0.39 is 11.6 Å². The highest BCUT2D eigenvalue weighted by Gasteiger charge is 2.35. The Morgan fingerprint density at radius 1 is 1.00 bits per heavy atom. The fourth-order valence-electron chi connectivity index (χ4n) is 4.02. The Kier molecular flexibility index (Phi) is 7.43. The smallest absolute Gasteiger partial charge is 0.249 e. The highest BCUT2D eigenvalue weighted by atomic mass is 16.2. The van der Waals surface area contributed by atoms with Crippen molar-refractivity contribution in [2.24, 2.45) is 0 Å². The van der Waals surface area contributed by atoms with E-state index in [-0.39, 0.29) is 18.4 Å². The molecular weight excluding hydrogens is 452 g/mol. The Morgan fingerprint density at radius 3 is 2.36 bits per heavy atom. The van der Waals surface area contributed by atoms with Crippen molar-refractivity contribution in [3.63, 3.8) is 0 Å². The van der Waals surface area contributed by atoms with Gasteiger partial charge in [0.25, 0.3) is 0 Å².